The Morgan fingerprint density at radius 2 is 2.15 bits per heavy atom. The van der Waals surface area contributed by atoms with Crippen LogP contribution >= 0.6 is 0 Å². The maximum absolute atomic E-state index is 10.9. The molecule has 3 heteroatoms. The van der Waals surface area contributed by atoms with Crippen LogP contribution in [0.2, 0.25) is 0 Å². The van der Waals surface area contributed by atoms with E-state index in [-0.39, 0.29) is 12.5 Å². The largest absolute Gasteiger partial charge is 0.368 e. The minimum absolute atomic E-state index is 0.0298. The van der Waals surface area contributed by atoms with Crippen LogP contribution < -0.4 is 5.32 Å². The number of carbonyl (C=O) groups is 1. The summed E-state index contributed by atoms with van der Waals surface area (Å²) in [6.45, 7) is 2.42. The second-order valence-corrected chi connectivity index (χ2v) is 3.78. The Labute approximate surface area is 79.8 Å². The van der Waals surface area contributed by atoms with Gasteiger partial charge in [0, 0.05) is 7.05 Å². The van der Waals surface area contributed by atoms with Crippen LogP contribution in [-0.2, 0) is 9.53 Å². The van der Waals surface area contributed by atoms with E-state index in [9.17, 15) is 4.79 Å². The van der Waals surface area contributed by atoms with Gasteiger partial charge in [0.1, 0.15) is 6.61 Å². The van der Waals surface area contributed by atoms with Crippen LogP contribution in [-0.4, -0.2) is 25.7 Å². The summed E-state index contributed by atoms with van der Waals surface area (Å²) < 4.78 is 5.54. The second kappa shape index (κ2) is 5.22. The first-order valence-corrected chi connectivity index (χ1v) is 5.06. The van der Waals surface area contributed by atoms with Crippen molar-refractivity contribution < 1.29 is 9.53 Å². The fourth-order valence-corrected chi connectivity index (χ4v) is 1.78. The maximum atomic E-state index is 10.9. The Morgan fingerprint density at radius 1 is 1.46 bits per heavy atom. The molecule has 0 aromatic rings. The van der Waals surface area contributed by atoms with Gasteiger partial charge in [0.05, 0.1) is 6.10 Å². The molecule has 1 rings (SSSR count). The van der Waals surface area contributed by atoms with Crippen molar-refractivity contribution in [3.05, 3.63) is 0 Å². The topological polar surface area (TPSA) is 38.3 Å². The Hall–Kier alpha value is -0.570. The number of hydrogen-bond acceptors (Lipinski definition) is 2. The van der Waals surface area contributed by atoms with Gasteiger partial charge in [-0.15, -0.1) is 0 Å². The van der Waals surface area contributed by atoms with E-state index in [0.29, 0.717) is 12.0 Å². The van der Waals surface area contributed by atoms with E-state index in [1.54, 1.807) is 7.05 Å². The molecule has 0 aliphatic heterocycles. The van der Waals surface area contributed by atoms with Crippen molar-refractivity contribution >= 4 is 5.91 Å². The van der Waals surface area contributed by atoms with Gasteiger partial charge >= 0.3 is 0 Å². The summed E-state index contributed by atoms with van der Waals surface area (Å²) in [4.78, 5) is 10.9. The number of hydrogen-bond donors (Lipinski definition) is 1. The monoisotopic (exact) mass is 185 g/mol. The highest BCUT2D eigenvalue weighted by Crippen LogP contribution is 2.25. The van der Waals surface area contributed by atoms with E-state index in [1.165, 1.54) is 19.3 Å². The summed E-state index contributed by atoms with van der Waals surface area (Å²) >= 11 is 0. The van der Waals surface area contributed by atoms with Gasteiger partial charge in [-0.1, -0.05) is 19.8 Å². The molecule has 0 aromatic carbocycles. The average Bonchev–Trinajstić information content (AvgIpc) is 2.16. The number of nitrogens with one attached hydrogen (secondary N) is 1. The van der Waals surface area contributed by atoms with E-state index in [0.717, 1.165) is 6.42 Å². The van der Waals surface area contributed by atoms with Crippen molar-refractivity contribution in [2.24, 2.45) is 5.92 Å². The molecule has 76 valence electrons. The third-order valence-electron chi connectivity index (χ3n) is 2.74. The lowest BCUT2D eigenvalue weighted by molar-refractivity contribution is -0.129. The number of likely N-dealkylation sites (N-methyl/N-ethyl adjacent to an activating group) is 1. The quantitative estimate of drug-likeness (QED) is 0.720. The van der Waals surface area contributed by atoms with Crippen LogP contribution in [0.4, 0.5) is 0 Å². The Morgan fingerprint density at radius 3 is 2.77 bits per heavy atom. The molecule has 2 unspecified atom stereocenters. The summed E-state index contributed by atoms with van der Waals surface area (Å²) in [6, 6.07) is 0. The molecular formula is C10H19NO2. The molecule has 1 N–H and O–H groups in total. The van der Waals surface area contributed by atoms with Gasteiger partial charge in [-0.3, -0.25) is 4.79 Å². The van der Waals surface area contributed by atoms with Gasteiger partial charge in [0.2, 0.25) is 5.91 Å². The standard InChI is InChI=1S/C10H19NO2/c1-8-5-3-4-6-9(8)13-7-10(12)11-2/h8-9H,3-7H2,1-2H3,(H,11,12). The minimum atomic E-state index is -0.0298. The molecule has 1 saturated carbocycles. The summed E-state index contributed by atoms with van der Waals surface area (Å²) in [5.41, 5.74) is 0. The molecule has 13 heavy (non-hydrogen) atoms. The zero-order chi connectivity index (χ0) is 9.68. The minimum Gasteiger partial charge on any atom is -0.368 e. The van der Waals surface area contributed by atoms with Gasteiger partial charge in [0.15, 0.2) is 0 Å². The van der Waals surface area contributed by atoms with Gasteiger partial charge in [-0.25, -0.2) is 0 Å². The first-order valence-electron chi connectivity index (χ1n) is 5.06. The van der Waals surface area contributed by atoms with Crippen molar-refractivity contribution in [1.29, 1.82) is 0 Å². The molecule has 0 bridgehead atoms. The molecule has 0 radical (unpaired) electrons. The first-order chi connectivity index (χ1) is 6.24. The van der Waals surface area contributed by atoms with E-state index >= 15 is 0 Å². The van der Waals surface area contributed by atoms with E-state index in [2.05, 4.69) is 12.2 Å². The molecule has 3 nitrogen and oxygen atoms in total. The highest BCUT2D eigenvalue weighted by Gasteiger charge is 2.22. The van der Waals surface area contributed by atoms with E-state index < -0.39 is 0 Å². The lowest BCUT2D eigenvalue weighted by Crippen LogP contribution is -2.31. The van der Waals surface area contributed by atoms with Gasteiger partial charge < -0.3 is 10.1 Å². The average molecular weight is 185 g/mol. The summed E-state index contributed by atoms with van der Waals surface area (Å²) in [6.07, 6.45) is 5.19. The van der Waals surface area contributed by atoms with Crippen molar-refractivity contribution in [3.8, 4) is 0 Å². The zero-order valence-corrected chi connectivity index (χ0v) is 8.51. The van der Waals surface area contributed by atoms with Crippen LogP contribution in [0.15, 0.2) is 0 Å². The van der Waals surface area contributed by atoms with Gasteiger partial charge in [0.25, 0.3) is 0 Å². The first kappa shape index (κ1) is 10.5. The molecule has 2 atom stereocenters. The molecule has 0 aromatic heterocycles. The number of rotatable bonds is 3. The van der Waals surface area contributed by atoms with Crippen molar-refractivity contribution in [2.75, 3.05) is 13.7 Å². The highest BCUT2D eigenvalue weighted by atomic mass is 16.5. The van der Waals surface area contributed by atoms with Crippen LogP contribution in [0.5, 0.6) is 0 Å². The fourth-order valence-electron chi connectivity index (χ4n) is 1.78. The molecule has 1 fully saturated rings. The molecule has 0 spiro atoms. The SMILES string of the molecule is CNC(=O)COC1CCCCC1C. The van der Waals surface area contributed by atoms with Gasteiger partial charge in [-0.05, 0) is 18.8 Å². The molecule has 1 aliphatic carbocycles. The van der Waals surface area contributed by atoms with E-state index in [4.69, 9.17) is 4.74 Å². The lowest BCUT2D eigenvalue weighted by atomic mass is 9.88. The van der Waals surface area contributed by atoms with Crippen molar-refractivity contribution in [1.82, 2.24) is 5.32 Å². The van der Waals surface area contributed by atoms with Crippen LogP contribution in [0, 0.1) is 5.92 Å². The Balaban J connectivity index is 2.22. The third-order valence-corrected chi connectivity index (χ3v) is 2.74. The second-order valence-electron chi connectivity index (χ2n) is 3.78. The number of amides is 1. The predicted molar refractivity (Wildman–Crippen MR) is 51.4 cm³/mol. The predicted octanol–water partition coefficient (Wildman–Crippen LogP) is 1.33. The smallest absolute Gasteiger partial charge is 0.245 e. The molecule has 0 heterocycles. The molecule has 1 aliphatic rings. The highest BCUT2D eigenvalue weighted by molar-refractivity contribution is 5.76. The lowest BCUT2D eigenvalue weighted by Gasteiger charge is -2.28. The third kappa shape index (κ3) is 3.35. The number of ether oxygens (including phenoxy) is 1. The Bertz CT molecular complexity index is 170. The molecule has 0 saturated heterocycles. The zero-order valence-electron chi connectivity index (χ0n) is 8.51. The fraction of sp³-hybridized carbons (Fsp3) is 0.900. The molecule has 1 amide bonds. The van der Waals surface area contributed by atoms with Crippen molar-refractivity contribution in [2.45, 2.75) is 38.7 Å². The summed E-state index contributed by atoms with van der Waals surface area (Å²) in [7, 11) is 1.63. The van der Waals surface area contributed by atoms with Gasteiger partial charge in [-0.2, -0.15) is 0 Å². The van der Waals surface area contributed by atoms with Crippen molar-refractivity contribution in [3.63, 3.8) is 0 Å². The Kier molecular flexibility index (Phi) is 4.22. The van der Waals surface area contributed by atoms with E-state index in [1.807, 2.05) is 0 Å². The summed E-state index contributed by atoms with van der Waals surface area (Å²) in [5.74, 6) is 0.580. The summed E-state index contributed by atoms with van der Waals surface area (Å²) in [5, 5.41) is 2.56. The van der Waals surface area contributed by atoms with Crippen LogP contribution in [0.25, 0.3) is 0 Å². The normalized spacial score (nSPS) is 28.5. The maximum Gasteiger partial charge on any atom is 0.245 e. The van der Waals surface area contributed by atoms with Crippen LogP contribution in [0.3, 0.4) is 0 Å². The number of carbonyl (C=O) groups excluding carboxylic acids is 1. The van der Waals surface area contributed by atoms with Crippen LogP contribution in [0.1, 0.15) is 32.6 Å². The molecular weight excluding hydrogens is 166 g/mol.